The number of rotatable bonds is 5. The van der Waals surface area contributed by atoms with Gasteiger partial charge in [0.25, 0.3) is 0 Å². The van der Waals surface area contributed by atoms with Gasteiger partial charge >= 0.3 is 11.9 Å². The van der Waals surface area contributed by atoms with E-state index in [1.54, 1.807) is 42.5 Å². The number of halogens is 1. The number of cyclic esters (lactones) is 1. The number of hydrogen-bond acceptors (Lipinski definition) is 7. The average Bonchev–Trinajstić information content (AvgIpc) is 3.40. The Hall–Kier alpha value is -3.65. The minimum atomic E-state index is -0.646. The molecule has 0 bridgehead atoms. The molecule has 0 aliphatic carbocycles. The van der Waals surface area contributed by atoms with E-state index < -0.39 is 11.9 Å². The molecular formula is C22H14BrNO6. The van der Waals surface area contributed by atoms with Gasteiger partial charge in [0.2, 0.25) is 11.7 Å². The van der Waals surface area contributed by atoms with E-state index in [1.165, 1.54) is 19.4 Å². The lowest BCUT2D eigenvalue weighted by Gasteiger charge is -2.09. The summed E-state index contributed by atoms with van der Waals surface area (Å²) in [6.45, 7) is 0. The first-order valence-electron chi connectivity index (χ1n) is 8.76. The first-order chi connectivity index (χ1) is 14.5. The summed E-state index contributed by atoms with van der Waals surface area (Å²) in [4.78, 5) is 28.6. The predicted octanol–water partition coefficient (Wildman–Crippen LogP) is 4.61. The van der Waals surface area contributed by atoms with Crippen molar-refractivity contribution in [3.8, 4) is 11.5 Å². The number of hydrogen-bond donors (Lipinski definition) is 0. The molecule has 150 valence electrons. The fraction of sp³-hybridized carbons (Fsp3) is 0.0455. The van der Waals surface area contributed by atoms with Gasteiger partial charge in [-0.2, -0.15) is 0 Å². The largest absolute Gasteiger partial charge is 0.493 e. The summed E-state index contributed by atoms with van der Waals surface area (Å²) in [6, 6.07) is 15.2. The standard InChI is InChI=1S/C22H14BrNO6/c1-27-19-11-13(7-8-17(19)29-22(26)18-6-3-9-28-18)10-16-21(25)30-20(24-16)14-4-2-5-15(23)12-14/h2-12H,1H3/b16-10-. The van der Waals surface area contributed by atoms with Crippen LogP contribution in [0.25, 0.3) is 6.08 Å². The van der Waals surface area contributed by atoms with Crippen molar-refractivity contribution < 1.29 is 28.2 Å². The highest BCUT2D eigenvalue weighted by Crippen LogP contribution is 2.30. The Kier molecular flexibility index (Phi) is 5.49. The quantitative estimate of drug-likeness (QED) is 0.309. The van der Waals surface area contributed by atoms with Gasteiger partial charge in [0.05, 0.1) is 13.4 Å². The van der Waals surface area contributed by atoms with Crippen LogP contribution in [0.5, 0.6) is 11.5 Å². The Morgan fingerprint density at radius 1 is 1.10 bits per heavy atom. The summed E-state index contributed by atoms with van der Waals surface area (Å²) in [7, 11) is 1.45. The number of nitrogens with zero attached hydrogens (tertiary/aromatic N) is 1. The van der Waals surface area contributed by atoms with Crippen molar-refractivity contribution in [1.82, 2.24) is 0 Å². The zero-order chi connectivity index (χ0) is 21.1. The Morgan fingerprint density at radius 2 is 1.97 bits per heavy atom. The molecule has 1 aliphatic rings. The number of aliphatic imine (C=N–C) groups is 1. The molecule has 0 saturated heterocycles. The number of ether oxygens (including phenoxy) is 3. The van der Waals surface area contributed by atoms with E-state index in [4.69, 9.17) is 18.6 Å². The molecule has 3 aromatic rings. The summed E-state index contributed by atoms with van der Waals surface area (Å²) in [5.74, 6) is -0.376. The SMILES string of the molecule is COc1cc(/C=C2\N=C(c3cccc(Br)c3)OC2=O)ccc1OC(=O)c1ccco1. The Balaban J connectivity index is 1.59. The molecule has 1 aromatic heterocycles. The number of benzene rings is 2. The van der Waals surface area contributed by atoms with E-state index in [0.717, 1.165) is 4.47 Å². The van der Waals surface area contributed by atoms with Gasteiger partial charge in [-0.05, 0) is 54.1 Å². The Morgan fingerprint density at radius 3 is 2.70 bits per heavy atom. The highest BCUT2D eigenvalue weighted by atomic mass is 79.9. The molecule has 0 fully saturated rings. The van der Waals surface area contributed by atoms with Gasteiger partial charge in [0.15, 0.2) is 17.2 Å². The normalized spacial score (nSPS) is 14.4. The van der Waals surface area contributed by atoms with Crippen LogP contribution < -0.4 is 9.47 Å². The second kappa shape index (κ2) is 8.38. The summed E-state index contributed by atoms with van der Waals surface area (Å²) in [5, 5.41) is 0. The molecule has 2 heterocycles. The third-order valence-electron chi connectivity index (χ3n) is 4.11. The maximum Gasteiger partial charge on any atom is 0.379 e. The van der Waals surface area contributed by atoms with Crippen molar-refractivity contribution >= 4 is 39.8 Å². The van der Waals surface area contributed by atoms with E-state index in [2.05, 4.69) is 20.9 Å². The van der Waals surface area contributed by atoms with Crippen LogP contribution in [0.15, 0.2) is 80.4 Å². The molecule has 30 heavy (non-hydrogen) atoms. The van der Waals surface area contributed by atoms with Gasteiger partial charge in [-0.15, -0.1) is 0 Å². The smallest absolute Gasteiger partial charge is 0.379 e. The molecule has 1 aliphatic heterocycles. The lowest BCUT2D eigenvalue weighted by molar-refractivity contribution is -0.129. The van der Waals surface area contributed by atoms with Crippen LogP contribution in [0.3, 0.4) is 0 Å². The zero-order valence-electron chi connectivity index (χ0n) is 15.6. The molecule has 0 atom stereocenters. The average molecular weight is 468 g/mol. The van der Waals surface area contributed by atoms with Crippen molar-refractivity contribution in [2.75, 3.05) is 7.11 Å². The van der Waals surface area contributed by atoms with Gasteiger partial charge in [0, 0.05) is 10.0 Å². The fourth-order valence-corrected chi connectivity index (χ4v) is 3.11. The maximum absolute atomic E-state index is 12.2. The lowest BCUT2D eigenvalue weighted by Crippen LogP contribution is -2.08. The van der Waals surface area contributed by atoms with Crippen molar-refractivity contribution in [1.29, 1.82) is 0 Å². The monoisotopic (exact) mass is 467 g/mol. The number of carbonyl (C=O) groups is 2. The Bertz CT molecular complexity index is 1180. The molecule has 4 rings (SSSR count). The van der Waals surface area contributed by atoms with Gasteiger partial charge in [-0.1, -0.05) is 28.1 Å². The second-order valence-electron chi connectivity index (χ2n) is 6.12. The molecule has 7 nitrogen and oxygen atoms in total. The molecule has 0 radical (unpaired) electrons. The second-order valence-corrected chi connectivity index (χ2v) is 7.04. The third-order valence-corrected chi connectivity index (χ3v) is 4.60. The van der Waals surface area contributed by atoms with Gasteiger partial charge in [-0.25, -0.2) is 14.6 Å². The molecule has 0 spiro atoms. The van der Waals surface area contributed by atoms with Crippen LogP contribution in [-0.2, 0) is 9.53 Å². The highest BCUT2D eigenvalue weighted by Gasteiger charge is 2.24. The van der Waals surface area contributed by atoms with Crippen LogP contribution in [0.2, 0.25) is 0 Å². The van der Waals surface area contributed by atoms with Crippen LogP contribution in [0, 0.1) is 0 Å². The molecular weight excluding hydrogens is 454 g/mol. The van der Waals surface area contributed by atoms with Crippen LogP contribution >= 0.6 is 15.9 Å². The third kappa shape index (κ3) is 4.18. The first-order valence-corrected chi connectivity index (χ1v) is 9.55. The summed E-state index contributed by atoms with van der Waals surface area (Å²) >= 11 is 3.38. The van der Waals surface area contributed by atoms with E-state index in [-0.39, 0.29) is 23.1 Å². The van der Waals surface area contributed by atoms with Crippen LogP contribution in [0.4, 0.5) is 0 Å². The first kappa shape index (κ1) is 19.7. The van der Waals surface area contributed by atoms with E-state index in [1.807, 2.05) is 12.1 Å². The number of esters is 2. The maximum atomic E-state index is 12.2. The van der Waals surface area contributed by atoms with Crippen molar-refractivity contribution in [3.05, 3.63) is 87.9 Å². The zero-order valence-corrected chi connectivity index (χ0v) is 17.2. The molecule has 8 heteroatoms. The van der Waals surface area contributed by atoms with E-state index >= 15 is 0 Å². The fourth-order valence-electron chi connectivity index (χ4n) is 2.72. The van der Waals surface area contributed by atoms with E-state index in [9.17, 15) is 9.59 Å². The summed E-state index contributed by atoms with van der Waals surface area (Å²) in [5.41, 5.74) is 1.45. The highest BCUT2D eigenvalue weighted by molar-refractivity contribution is 9.10. The molecule has 0 saturated carbocycles. The van der Waals surface area contributed by atoms with E-state index in [0.29, 0.717) is 16.9 Å². The molecule has 0 N–H and O–H groups in total. The summed E-state index contributed by atoms with van der Waals surface area (Å²) in [6.07, 6.45) is 2.95. The van der Waals surface area contributed by atoms with Crippen molar-refractivity contribution in [3.63, 3.8) is 0 Å². The minimum Gasteiger partial charge on any atom is -0.493 e. The number of carbonyl (C=O) groups excluding carboxylic acids is 2. The Labute approximate surface area is 179 Å². The summed E-state index contributed by atoms with van der Waals surface area (Å²) < 4.78 is 21.8. The lowest BCUT2D eigenvalue weighted by atomic mass is 10.1. The van der Waals surface area contributed by atoms with Crippen LogP contribution in [-0.4, -0.2) is 24.9 Å². The topological polar surface area (TPSA) is 87.3 Å². The predicted molar refractivity (Wildman–Crippen MR) is 111 cm³/mol. The minimum absolute atomic E-state index is 0.0753. The molecule has 2 aromatic carbocycles. The van der Waals surface area contributed by atoms with Gasteiger partial charge in [-0.3, -0.25) is 0 Å². The number of methoxy groups -OCH3 is 1. The van der Waals surface area contributed by atoms with Crippen molar-refractivity contribution in [2.24, 2.45) is 4.99 Å². The van der Waals surface area contributed by atoms with Gasteiger partial charge in [0.1, 0.15) is 0 Å². The van der Waals surface area contributed by atoms with Crippen LogP contribution in [0.1, 0.15) is 21.7 Å². The van der Waals surface area contributed by atoms with Gasteiger partial charge < -0.3 is 18.6 Å². The number of furan rings is 1. The van der Waals surface area contributed by atoms with Crippen molar-refractivity contribution in [2.45, 2.75) is 0 Å². The molecule has 0 amide bonds. The molecule has 0 unspecified atom stereocenters.